The van der Waals surface area contributed by atoms with Gasteiger partial charge in [-0.25, -0.2) is 4.98 Å². The predicted octanol–water partition coefficient (Wildman–Crippen LogP) is 1.99. The van der Waals surface area contributed by atoms with Crippen LogP contribution in [0.4, 0.5) is 13.2 Å². The van der Waals surface area contributed by atoms with Crippen LogP contribution < -0.4 is 5.32 Å². The second-order valence-corrected chi connectivity index (χ2v) is 6.38. The Hall–Kier alpha value is -1.94. The minimum Gasteiger partial charge on any atom is -0.374 e. The molecule has 0 fully saturated rings. The lowest BCUT2D eigenvalue weighted by Crippen LogP contribution is -2.47. The number of nitrogens with one attached hydrogen (secondary N) is 1. The summed E-state index contributed by atoms with van der Waals surface area (Å²) in [4.78, 5) is 15.7. The number of nitrogens with zero attached hydrogens (tertiary/aromatic N) is 3. The zero-order valence-corrected chi connectivity index (χ0v) is 13.9. The summed E-state index contributed by atoms with van der Waals surface area (Å²) in [6, 6.07) is 1.25. The number of aromatic nitrogens is 3. The number of carbonyl (C=O) groups is 1. The van der Waals surface area contributed by atoms with E-state index in [1.807, 2.05) is 0 Å². The van der Waals surface area contributed by atoms with Crippen LogP contribution in [0.25, 0.3) is 0 Å². The molecule has 0 aromatic carbocycles. The van der Waals surface area contributed by atoms with Crippen LogP contribution in [-0.2, 0) is 16.9 Å². The van der Waals surface area contributed by atoms with E-state index < -0.39 is 35.2 Å². The van der Waals surface area contributed by atoms with Crippen molar-refractivity contribution in [3.63, 3.8) is 0 Å². The van der Waals surface area contributed by atoms with E-state index in [0.29, 0.717) is 23.6 Å². The smallest absolute Gasteiger partial charge is 0.374 e. The molecule has 0 aliphatic rings. The number of alkyl halides is 3. The van der Waals surface area contributed by atoms with Gasteiger partial charge in [0.05, 0.1) is 13.0 Å². The fourth-order valence-corrected chi connectivity index (χ4v) is 3.05. The number of thiazole rings is 1. The molecule has 2 aromatic rings. The number of hydrogen-bond acceptors (Lipinski definition) is 5. The van der Waals surface area contributed by atoms with Crippen molar-refractivity contribution >= 4 is 17.2 Å². The molecule has 0 aliphatic heterocycles. The Balaban J connectivity index is 2.08. The number of rotatable bonds is 6. The maximum Gasteiger partial charge on any atom is 0.424 e. The highest BCUT2D eigenvalue weighted by molar-refractivity contribution is 7.09. The number of hydrogen-bond donors (Lipinski definition) is 2. The molecule has 10 heteroatoms. The second kappa shape index (κ2) is 6.89. The lowest BCUT2D eigenvalue weighted by molar-refractivity contribution is -0.267. The summed E-state index contributed by atoms with van der Waals surface area (Å²) in [5.74, 6) is -0.915. The summed E-state index contributed by atoms with van der Waals surface area (Å²) >= 11 is 0.673. The average molecular weight is 362 g/mol. The van der Waals surface area contributed by atoms with Crippen molar-refractivity contribution in [1.29, 1.82) is 0 Å². The van der Waals surface area contributed by atoms with Crippen molar-refractivity contribution in [3.05, 3.63) is 34.5 Å². The first-order valence-corrected chi connectivity index (χ1v) is 7.98. The Kier molecular flexibility index (Phi) is 5.29. The summed E-state index contributed by atoms with van der Waals surface area (Å²) in [6.45, 7) is 3.46. The van der Waals surface area contributed by atoms with E-state index in [-0.39, 0.29) is 0 Å². The first-order chi connectivity index (χ1) is 11.1. The molecule has 2 N–H and O–H groups in total. The normalized spacial score (nSPS) is 15.8. The van der Waals surface area contributed by atoms with E-state index in [2.05, 4.69) is 15.4 Å². The predicted molar refractivity (Wildman–Crippen MR) is 81.3 cm³/mol. The lowest BCUT2D eigenvalue weighted by Gasteiger charge is -2.28. The molecule has 0 saturated carbocycles. The van der Waals surface area contributed by atoms with Crippen LogP contribution in [0.1, 0.15) is 24.0 Å². The molecule has 0 bridgehead atoms. The lowest BCUT2D eigenvalue weighted by atomic mass is 9.99. The van der Waals surface area contributed by atoms with Gasteiger partial charge in [0.2, 0.25) is 11.5 Å². The molecule has 0 saturated heterocycles. The van der Waals surface area contributed by atoms with Gasteiger partial charge in [-0.1, -0.05) is 0 Å². The van der Waals surface area contributed by atoms with Crippen molar-refractivity contribution in [3.8, 4) is 0 Å². The van der Waals surface area contributed by atoms with Crippen LogP contribution in [0.5, 0.6) is 0 Å². The van der Waals surface area contributed by atoms with Crippen LogP contribution in [0.15, 0.2) is 23.8 Å². The van der Waals surface area contributed by atoms with Gasteiger partial charge in [0.1, 0.15) is 5.01 Å². The van der Waals surface area contributed by atoms with Crippen molar-refractivity contribution in [1.82, 2.24) is 20.1 Å². The monoisotopic (exact) mass is 362 g/mol. The summed E-state index contributed by atoms with van der Waals surface area (Å²) in [5.41, 5.74) is -2.95. The third-order valence-corrected chi connectivity index (χ3v) is 4.40. The zero-order chi connectivity index (χ0) is 18.0. The highest BCUT2D eigenvalue weighted by Gasteiger charge is 2.58. The van der Waals surface area contributed by atoms with Crippen LogP contribution >= 0.6 is 11.3 Å². The van der Waals surface area contributed by atoms with Crippen LogP contribution in [0, 0.1) is 6.92 Å². The second-order valence-electron chi connectivity index (χ2n) is 5.53. The van der Waals surface area contributed by atoms with E-state index in [1.165, 1.54) is 12.3 Å². The highest BCUT2D eigenvalue weighted by Crippen LogP contribution is 2.42. The molecule has 0 aliphatic carbocycles. The minimum absolute atomic E-state index is 0.305. The first-order valence-electron chi connectivity index (χ1n) is 7.10. The molecule has 132 valence electrons. The zero-order valence-electron chi connectivity index (χ0n) is 13.0. The SMILES string of the molecule is Cc1csc([C@](O)(CC(=O)N[C@@H](C)Cn2cccn2)C(F)(F)F)n1. The van der Waals surface area contributed by atoms with Gasteiger partial charge in [-0.05, 0) is 19.9 Å². The number of aliphatic hydroxyl groups is 1. The number of halogens is 3. The molecule has 2 heterocycles. The highest BCUT2D eigenvalue weighted by atomic mass is 32.1. The molecule has 0 spiro atoms. The van der Waals surface area contributed by atoms with Crippen molar-refractivity contribution in [2.24, 2.45) is 0 Å². The maximum absolute atomic E-state index is 13.3. The van der Waals surface area contributed by atoms with Gasteiger partial charge in [-0.15, -0.1) is 11.3 Å². The third-order valence-electron chi connectivity index (χ3n) is 3.29. The summed E-state index contributed by atoms with van der Waals surface area (Å²) in [5, 5.41) is 17.4. The van der Waals surface area contributed by atoms with E-state index in [4.69, 9.17) is 0 Å². The first kappa shape index (κ1) is 18.4. The molecule has 2 atom stereocenters. The third kappa shape index (κ3) is 4.12. The van der Waals surface area contributed by atoms with E-state index in [9.17, 15) is 23.1 Å². The van der Waals surface area contributed by atoms with Gasteiger partial charge in [0.25, 0.3) is 0 Å². The average Bonchev–Trinajstić information content (AvgIpc) is 3.08. The van der Waals surface area contributed by atoms with Gasteiger partial charge in [0, 0.05) is 29.5 Å². The summed E-state index contributed by atoms with van der Waals surface area (Å²) in [6.07, 6.45) is -2.93. The van der Waals surface area contributed by atoms with Crippen molar-refractivity contribution < 1.29 is 23.1 Å². The van der Waals surface area contributed by atoms with Crippen molar-refractivity contribution in [2.45, 2.75) is 44.6 Å². The van der Waals surface area contributed by atoms with Gasteiger partial charge in [-0.2, -0.15) is 18.3 Å². The van der Waals surface area contributed by atoms with E-state index in [1.54, 1.807) is 30.1 Å². The number of carbonyl (C=O) groups excluding carboxylic acids is 1. The Labute approximate surface area is 140 Å². The minimum atomic E-state index is -5.01. The number of amides is 1. The summed E-state index contributed by atoms with van der Waals surface area (Å²) < 4.78 is 41.5. The number of aryl methyl sites for hydroxylation is 1. The molecule has 2 aromatic heterocycles. The largest absolute Gasteiger partial charge is 0.424 e. The van der Waals surface area contributed by atoms with Gasteiger partial charge < -0.3 is 10.4 Å². The fourth-order valence-electron chi connectivity index (χ4n) is 2.13. The molecule has 2 rings (SSSR count). The molecule has 0 radical (unpaired) electrons. The van der Waals surface area contributed by atoms with Crippen LogP contribution in [0.2, 0.25) is 0 Å². The molecular weight excluding hydrogens is 345 g/mol. The van der Waals surface area contributed by atoms with Gasteiger partial charge >= 0.3 is 6.18 Å². The van der Waals surface area contributed by atoms with Crippen LogP contribution in [0.3, 0.4) is 0 Å². The molecular formula is C14H17F3N4O2S. The standard InChI is InChI=1S/C14H17F3N4O2S/c1-9(7-21-5-3-4-18-21)19-11(22)6-13(23,14(15,16)17)12-20-10(2)8-24-12/h3-5,8-9,23H,6-7H2,1-2H3,(H,19,22)/t9-,13+/m0/s1. The van der Waals surface area contributed by atoms with Crippen LogP contribution in [-0.4, -0.2) is 38.0 Å². The van der Waals surface area contributed by atoms with E-state index in [0.717, 1.165) is 0 Å². The molecule has 1 amide bonds. The molecule has 6 nitrogen and oxygen atoms in total. The Morgan fingerprint density at radius 2 is 2.21 bits per heavy atom. The molecule has 24 heavy (non-hydrogen) atoms. The maximum atomic E-state index is 13.3. The Morgan fingerprint density at radius 1 is 1.50 bits per heavy atom. The topological polar surface area (TPSA) is 80.0 Å². The van der Waals surface area contributed by atoms with Crippen molar-refractivity contribution in [2.75, 3.05) is 0 Å². The van der Waals surface area contributed by atoms with Gasteiger partial charge in [0.15, 0.2) is 0 Å². The summed E-state index contributed by atoms with van der Waals surface area (Å²) in [7, 11) is 0. The Bertz CT molecular complexity index is 687. The molecule has 0 unspecified atom stereocenters. The Morgan fingerprint density at radius 3 is 2.71 bits per heavy atom. The van der Waals surface area contributed by atoms with E-state index >= 15 is 0 Å². The quantitative estimate of drug-likeness (QED) is 0.824. The van der Waals surface area contributed by atoms with Gasteiger partial charge in [-0.3, -0.25) is 9.48 Å². The fraction of sp³-hybridized carbons (Fsp3) is 0.500.